The second-order valence-electron chi connectivity index (χ2n) is 7.42. The Kier molecular flexibility index (Phi) is 4.94. The normalized spacial score (nSPS) is 14.4. The van der Waals surface area contributed by atoms with Crippen LogP contribution in [0.2, 0.25) is 0 Å². The number of halogens is 3. The van der Waals surface area contributed by atoms with E-state index in [1.165, 1.54) is 6.07 Å². The van der Waals surface area contributed by atoms with E-state index in [4.69, 9.17) is 0 Å². The van der Waals surface area contributed by atoms with E-state index >= 15 is 0 Å². The average molecular weight is 286 g/mol. The minimum absolute atomic E-state index is 0.0194. The fraction of sp³-hybridized carbons (Fsp3) is 0.647. The van der Waals surface area contributed by atoms with E-state index in [1.54, 1.807) is 0 Å². The van der Waals surface area contributed by atoms with Crippen LogP contribution in [0.5, 0.6) is 0 Å². The molecule has 0 fully saturated rings. The maximum atomic E-state index is 14.1. The molecule has 0 amide bonds. The van der Waals surface area contributed by atoms with E-state index in [0.717, 1.165) is 18.9 Å². The van der Waals surface area contributed by atoms with Crippen molar-refractivity contribution in [1.29, 1.82) is 0 Å². The molecule has 0 aliphatic rings. The Balaban J connectivity index is 3.35. The monoisotopic (exact) mass is 286 g/mol. The smallest absolute Gasteiger partial charge is 0.194 e. The van der Waals surface area contributed by atoms with Gasteiger partial charge in [-0.3, -0.25) is 0 Å². The van der Waals surface area contributed by atoms with Gasteiger partial charge in [0.05, 0.1) is 0 Å². The Hall–Kier alpha value is -0.990. The van der Waals surface area contributed by atoms with Gasteiger partial charge >= 0.3 is 0 Å². The molecule has 1 aromatic carbocycles. The van der Waals surface area contributed by atoms with Gasteiger partial charge in [-0.25, -0.2) is 13.2 Å². The third-order valence-electron chi connectivity index (χ3n) is 4.11. The van der Waals surface area contributed by atoms with Crippen LogP contribution in [-0.4, -0.2) is 0 Å². The van der Waals surface area contributed by atoms with Gasteiger partial charge in [0.2, 0.25) is 0 Å². The fourth-order valence-electron chi connectivity index (χ4n) is 2.48. The summed E-state index contributed by atoms with van der Waals surface area (Å²) < 4.78 is 40.8. The first-order valence-electron chi connectivity index (χ1n) is 7.13. The number of hydrogen-bond acceptors (Lipinski definition) is 0. The zero-order chi connectivity index (χ0) is 15.7. The summed E-state index contributed by atoms with van der Waals surface area (Å²) in [7, 11) is 0. The standard InChI is InChI=1S/C17H25F3/c1-7-17(5,6)12(10-16(2,3)4)11-8-9-13(18)15(20)14(11)19/h8-9,12H,7,10H2,1-6H3. The van der Waals surface area contributed by atoms with E-state index in [-0.39, 0.29) is 22.3 Å². The summed E-state index contributed by atoms with van der Waals surface area (Å²) >= 11 is 0. The molecule has 3 heteroatoms. The van der Waals surface area contributed by atoms with Crippen molar-refractivity contribution in [2.75, 3.05) is 0 Å². The molecule has 1 atom stereocenters. The first-order valence-corrected chi connectivity index (χ1v) is 7.13. The minimum atomic E-state index is -1.37. The summed E-state index contributed by atoms with van der Waals surface area (Å²) in [5, 5.41) is 0. The molecule has 0 saturated heterocycles. The SMILES string of the molecule is CCC(C)(C)C(CC(C)(C)C)c1ccc(F)c(F)c1F. The summed E-state index contributed by atoms with van der Waals surface area (Å²) in [6.07, 6.45) is 1.56. The van der Waals surface area contributed by atoms with Crippen molar-refractivity contribution in [2.24, 2.45) is 10.8 Å². The van der Waals surface area contributed by atoms with E-state index in [1.807, 2.05) is 20.8 Å². The quantitative estimate of drug-likeness (QED) is 0.590. The van der Waals surface area contributed by atoms with E-state index < -0.39 is 17.5 Å². The molecule has 0 aliphatic heterocycles. The molecule has 1 unspecified atom stereocenters. The van der Waals surface area contributed by atoms with Crippen LogP contribution in [-0.2, 0) is 0 Å². The summed E-state index contributed by atoms with van der Waals surface area (Å²) in [5.41, 5.74) is 0.0814. The van der Waals surface area contributed by atoms with Gasteiger partial charge in [-0.15, -0.1) is 0 Å². The van der Waals surface area contributed by atoms with Gasteiger partial charge in [0, 0.05) is 0 Å². The minimum Gasteiger partial charge on any atom is -0.204 e. The van der Waals surface area contributed by atoms with Crippen molar-refractivity contribution in [3.63, 3.8) is 0 Å². The summed E-state index contributed by atoms with van der Waals surface area (Å²) in [6.45, 7) is 12.3. The van der Waals surface area contributed by atoms with Crippen LogP contribution in [0.4, 0.5) is 13.2 Å². The Morgan fingerprint density at radius 2 is 1.50 bits per heavy atom. The first-order chi connectivity index (χ1) is 8.99. The largest absolute Gasteiger partial charge is 0.204 e. The molecule has 0 radical (unpaired) electrons. The summed E-state index contributed by atoms with van der Waals surface area (Å²) in [6, 6.07) is 2.41. The molecule has 1 aromatic rings. The highest BCUT2D eigenvalue weighted by Gasteiger charge is 2.35. The van der Waals surface area contributed by atoms with Crippen LogP contribution in [0.15, 0.2) is 12.1 Å². The lowest BCUT2D eigenvalue weighted by molar-refractivity contribution is 0.198. The molecule has 0 spiro atoms. The zero-order valence-corrected chi connectivity index (χ0v) is 13.3. The Labute approximate surface area is 120 Å². The lowest BCUT2D eigenvalue weighted by atomic mass is 9.67. The van der Waals surface area contributed by atoms with Crippen molar-refractivity contribution in [3.05, 3.63) is 35.1 Å². The Bertz CT molecular complexity index is 470. The van der Waals surface area contributed by atoms with Gasteiger partial charge in [0.1, 0.15) is 0 Å². The van der Waals surface area contributed by atoms with Crippen LogP contribution < -0.4 is 0 Å². The number of hydrogen-bond donors (Lipinski definition) is 0. The predicted octanol–water partition coefficient (Wildman–Crippen LogP) is 6.06. The van der Waals surface area contributed by atoms with E-state index in [9.17, 15) is 13.2 Å². The van der Waals surface area contributed by atoms with E-state index in [0.29, 0.717) is 0 Å². The fourth-order valence-corrected chi connectivity index (χ4v) is 2.48. The second kappa shape index (κ2) is 5.79. The molecule has 0 N–H and O–H groups in total. The maximum Gasteiger partial charge on any atom is 0.194 e. The highest BCUT2D eigenvalue weighted by atomic mass is 19.2. The number of rotatable bonds is 4. The molecule has 0 nitrogen and oxygen atoms in total. The first kappa shape index (κ1) is 17.1. The Morgan fingerprint density at radius 3 is 1.95 bits per heavy atom. The van der Waals surface area contributed by atoms with Gasteiger partial charge in [-0.05, 0) is 34.8 Å². The van der Waals surface area contributed by atoms with Gasteiger partial charge in [-0.2, -0.15) is 0 Å². The third-order valence-corrected chi connectivity index (χ3v) is 4.11. The zero-order valence-electron chi connectivity index (χ0n) is 13.3. The van der Waals surface area contributed by atoms with Crippen molar-refractivity contribution >= 4 is 0 Å². The van der Waals surface area contributed by atoms with E-state index in [2.05, 4.69) is 20.8 Å². The van der Waals surface area contributed by atoms with Gasteiger partial charge in [-0.1, -0.05) is 54.0 Å². The highest BCUT2D eigenvalue weighted by molar-refractivity contribution is 5.26. The van der Waals surface area contributed by atoms with Crippen LogP contribution >= 0.6 is 0 Å². The van der Waals surface area contributed by atoms with Crippen LogP contribution in [0.25, 0.3) is 0 Å². The molecule has 1 rings (SSSR count). The van der Waals surface area contributed by atoms with Crippen molar-refractivity contribution in [1.82, 2.24) is 0 Å². The molecule has 0 saturated carbocycles. The highest BCUT2D eigenvalue weighted by Crippen LogP contribution is 2.46. The lowest BCUT2D eigenvalue weighted by Crippen LogP contribution is -2.27. The average Bonchev–Trinajstić information content (AvgIpc) is 2.33. The molecular formula is C17H25F3. The molecular weight excluding hydrogens is 261 g/mol. The summed E-state index contributed by atoms with van der Waals surface area (Å²) in [4.78, 5) is 0. The predicted molar refractivity (Wildman–Crippen MR) is 77.2 cm³/mol. The lowest BCUT2D eigenvalue weighted by Gasteiger charge is -2.38. The third kappa shape index (κ3) is 3.77. The van der Waals surface area contributed by atoms with Gasteiger partial charge in [0.15, 0.2) is 17.5 Å². The van der Waals surface area contributed by atoms with Crippen LogP contribution in [0.1, 0.15) is 65.9 Å². The Morgan fingerprint density at radius 1 is 0.950 bits per heavy atom. The summed E-state index contributed by atoms with van der Waals surface area (Å²) in [5.74, 6) is -3.69. The van der Waals surface area contributed by atoms with Crippen molar-refractivity contribution in [3.8, 4) is 0 Å². The van der Waals surface area contributed by atoms with Crippen molar-refractivity contribution < 1.29 is 13.2 Å². The molecule has 20 heavy (non-hydrogen) atoms. The van der Waals surface area contributed by atoms with Gasteiger partial charge < -0.3 is 0 Å². The van der Waals surface area contributed by atoms with Gasteiger partial charge in [0.25, 0.3) is 0 Å². The second-order valence-corrected chi connectivity index (χ2v) is 7.42. The van der Waals surface area contributed by atoms with Crippen molar-refractivity contribution in [2.45, 2.75) is 60.3 Å². The number of benzene rings is 1. The van der Waals surface area contributed by atoms with Crippen LogP contribution in [0, 0.1) is 28.3 Å². The van der Waals surface area contributed by atoms with Crippen LogP contribution in [0.3, 0.4) is 0 Å². The topological polar surface area (TPSA) is 0 Å². The molecule has 0 bridgehead atoms. The maximum absolute atomic E-state index is 14.1. The molecule has 0 aromatic heterocycles. The molecule has 0 heterocycles. The molecule has 0 aliphatic carbocycles. The molecule has 114 valence electrons.